The lowest BCUT2D eigenvalue weighted by atomic mass is 9.97. The van der Waals surface area contributed by atoms with E-state index in [-0.39, 0.29) is 12.3 Å². The second-order valence-corrected chi connectivity index (χ2v) is 8.15. The standard InChI is InChI=1S/C24H24N2O3S/c1-3-27-21-12-11-16(14-22(21)28-4-2)24-26-19(17-8-5-6-9-20(17)29-24)15-18(25-26)23-10-7-13-30-23/h5-14,19,24H,3-4,15H2,1-2H3/t19-,24-/m1/s1. The molecule has 1 aromatic heterocycles. The highest BCUT2D eigenvalue weighted by molar-refractivity contribution is 7.12. The van der Waals surface area contributed by atoms with Gasteiger partial charge in [0.05, 0.1) is 29.8 Å². The van der Waals surface area contributed by atoms with Crippen LogP contribution in [0.4, 0.5) is 0 Å². The van der Waals surface area contributed by atoms with E-state index in [0.717, 1.165) is 34.9 Å². The smallest absolute Gasteiger partial charge is 0.214 e. The molecule has 0 aliphatic carbocycles. The van der Waals surface area contributed by atoms with Crippen LogP contribution in [0.3, 0.4) is 0 Å². The molecular formula is C24H24N2O3S. The fraction of sp³-hybridized carbons (Fsp3) is 0.292. The first-order chi connectivity index (χ1) is 14.8. The molecule has 0 saturated heterocycles. The number of ether oxygens (including phenoxy) is 3. The van der Waals surface area contributed by atoms with E-state index in [2.05, 4.69) is 34.7 Å². The Morgan fingerprint density at radius 3 is 2.67 bits per heavy atom. The monoisotopic (exact) mass is 420 g/mol. The van der Waals surface area contributed by atoms with E-state index in [1.807, 2.05) is 44.2 Å². The van der Waals surface area contributed by atoms with Gasteiger partial charge in [0.2, 0.25) is 6.23 Å². The van der Waals surface area contributed by atoms with Crippen molar-refractivity contribution in [1.82, 2.24) is 5.01 Å². The van der Waals surface area contributed by atoms with E-state index >= 15 is 0 Å². The largest absolute Gasteiger partial charge is 0.490 e. The fourth-order valence-corrected chi connectivity index (χ4v) is 4.79. The molecule has 2 aromatic carbocycles. The van der Waals surface area contributed by atoms with E-state index < -0.39 is 0 Å². The summed E-state index contributed by atoms with van der Waals surface area (Å²) in [6, 6.07) is 18.6. The molecule has 2 aliphatic heterocycles. The number of para-hydroxylation sites is 1. The van der Waals surface area contributed by atoms with Crippen LogP contribution in [0.2, 0.25) is 0 Å². The lowest BCUT2D eigenvalue weighted by Crippen LogP contribution is -2.33. The highest BCUT2D eigenvalue weighted by atomic mass is 32.1. The number of hydrogen-bond donors (Lipinski definition) is 0. The number of benzene rings is 2. The van der Waals surface area contributed by atoms with Gasteiger partial charge in [0, 0.05) is 17.5 Å². The molecule has 2 atom stereocenters. The molecule has 0 saturated carbocycles. The number of fused-ring (bicyclic) bond motifs is 3. The van der Waals surface area contributed by atoms with Gasteiger partial charge >= 0.3 is 0 Å². The van der Waals surface area contributed by atoms with E-state index in [4.69, 9.17) is 19.3 Å². The Morgan fingerprint density at radius 1 is 1.03 bits per heavy atom. The van der Waals surface area contributed by atoms with Gasteiger partial charge in [-0.25, -0.2) is 5.01 Å². The first-order valence-electron chi connectivity index (χ1n) is 10.3. The van der Waals surface area contributed by atoms with Crippen LogP contribution in [-0.4, -0.2) is 23.9 Å². The van der Waals surface area contributed by atoms with Crippen molar-refractivity contribution in [3.63, 3.8) is 0 Å². The van der Waals surface area contributed by atoms with E-state index in [1.165, 1.54) is 10.4 Å². The molecule has 0 unspecified atom stereocenters. The highest BCUT2D eigenvalue weighted by Crippen LogP contribution is 2.48. The van der Waals surface area contributed by atoms with Gasteiger partial charge in [0.1, 0.15) is 5.75 Å². The molecule has 30 heavy (non-hydrogen) atoms. The van der Waals surface area contributed by atoms with E-state index in [0.29, 0.717) is 13.2 Å². The third-order valence-electron chi connectivity index (χ3n) is 5.36. The highest BCUT2D eigenvalue weighted by Gasteiger charge is 2.41. The van der Waals surface area contributed by atoms with Gasteiger partial charge in [-0.1, -0.05) is 24.3 Å². The van der Waals surface area contributed by atoms with Crippen molar-refractivity contribution in [3.05, 3.63) is 76.0 Å². The van der Waals surface area contributed by atoms with Crippen molar-refractivity contribution in [2.24, 2.45) is 5.10 Å². The minimum absolute atomic E-state index is 0.152. The van der Waals surface area contributed by atoms with Crippen LogP contribution in [0, 0.1) is 0 Å². The normalized spacial score (nSPS) is 19.5. The molecular weight excluding hydrogens is 396 g/mol. The van der Waals surface area contributed by atoms with Crippen LogP contribution in [0.1, 0.15) is 48.5 Å². The molecule has 6 heteroatoms. The number of rotatable bonds is 6. The van der Waals surface area contributed by atoms with Gasteiger partial charge in [-0.3, -0.25) is 0 Å². The second-order valence-electron chi connectivity index (χ2n) is 7.20. The lowest BCUT2D eigenvalue weighted by Gasteiger charge is -2.38. The summed E-state index contributed by atoms with van der Waals surface area (Å²) in [5, 5.41) is 9.20. The van der Waals surface area contributed by atoms with E-state index in [1.54, 1.807) is 11.3 Å². The van der Waals surface area contributed by atoms with Gasteiger partial charge in [0.15, 0.2) is 11.5 Å². The predicted octanol–water partition coefficient (Wildman–Crippen LogP) is 5.79. The Kier molecular flexibility index (Phi) is 5.09. The lowest BCUT2D eigenvalue weighted by molar-refractivity contribution is -0.0191. The maximum absolute atomic E-state index is 6.46. The third-order valence-corrected chi connectivity index (χ3v) is 6.28. The summed E-state index contributed by atoms with van der Waals surface area (Å²) >= 11 is 1.73. The minimum Gasteiger partial charge on any atom is -0.490 e. The molecule has 2 aliphatic rings. The van der Waals surface area contributed by atoms with Crippen LogP contribution < -0.4 is 14.2 Å². The molecule has 0 radical (unpaired) electrons. The molecule has 3 aromatic rings. The second kappa shape index (κ2) is 8.03. The van der Waals surface area contributed by atoms with Crippen LogP contribution in [0.5, 0.6) is 17.2 Å². The Labute approximate surface area is 180 Å². The van der Waals surface area contributed by atoms with Gasteiger partial charge < -0.3 is 14.2 Å². The molecule has 154 valence electrons. The molecule has 5 nitrogen and oxygen atoms in total. The van der Waals surface area contributed by atoms with Crippen LogP contribution in [0.15, 0.2) is 65.1 Å². The number of hydrogen-bond acceptors (Lipinski definition) is 6. The first kappa shape index (κ1) is 19.0. The minimum atomic E-state index is -0.322. The van der Waals surface area contributed by atoms with Crippen molar-refractivity contribution in [3.8, 4) is 17.2 Å². The summed E-state index contributed by atoms with van der Waals surface area (Å²) in [6.07, 6.45) is 0.546. The summed E-state index contributed by atoms with van der Waals surface area (Å²) < 4.78 is 18.0. The predicted molar refractivity (Wildman–Crippen MR) is 119 cm³/mol. The maximum atomic E-state index is 6.46. The van der Waals surface area contributed by atoms with Crippen LogP contribution >= 0.6 is 11.3 Å². The first-order valence-corrected chi connectivity index (χ1v) is 11.2. The van der Waals surface area contributed by atoms with Gasteiger partial charge in [-0.05, 0) is 49.6 Å². The molecule has 0 N–H and O–H groups in total. The summed E-state index contributed by atoms with van der Waals surface area (Å²) in [6.45, 7) is 5.12. The van der Waals surface area contributed by atoms with Crippen molar-refractivity contribution < 1.29 is 14.2 Å². The van der Waals surface area contributed by atoms with Crippen LogP contribution in [0.25, 0.3) is 0 Å². The van der Waals surface area contributed by atoms with Crippen molar-refractivity contribution >= 4 is 17.0 Å². The third kappa shape index (κ3) is 3.31. The number of nitrogens with zero attached hydrogens (tertiary/aromatic N) is 2. The average Bonchev–Trinajstić information content (AvgIpc) is 3.45. The van der Waals surface area contributed by atoms with E-state index in [9.17, 15) is 0 Å². The van der Waals surface area contributed by atoms with Gasteiger partial charge in [-0.15, -0.1) is 11.3 Å². The Bertz CT molecular complexity index is 1060. The quantitative estimate of drug-likeness (QED) is 0.506. The van der Waals surface area contributed by atoms with Crippen molar-refractivity contribution in [1.29, 1.82) is 0 Å². The van der Waals surface area contributed by atoms with Gasteiger partial charge in [0.25, 0.3) is 0 Å². The summed E-state index contributed by atoms with van der Waals surface area (Å²) in [4.78, 5) is 1.21. The average molecular weight is 421 g/mol. The zero-order valence-corrected chi connectivity index (χ0v) is 17.9. The summed E-state index contributed by atoms with van der Waals surface area (Å²) in [7, 11) is 0. The van der Waals surface area contributed by atoms with Crippen molar-refractivity contribution in [2.45, 2.75) is 32.5 Å². The zero-order valence-electron chi connectivity index (χ0n) is 17.1. The molecule has 0 amide bonds. The number of thiophene rings is 1. The molecule has 0 bridgehead atoms. The molecule has 3 heterocycles. The SMILES string of the molecule is CCOc1ccc([C@H]2Oc3ccccc3[C@H]3CC(c4cccs4)=NN32)cc1OCC. The molecule has 5 rings (SSSR count). The summed E-state index contributed by atoms with van der Waals surface area (Å²) in [5.41, 5.74) is 3.29. The van der Waals surface area contributed by atoms with Crippen LogP contribution in [-0.2, 0) is 0 Å². The Morgan fingerprint density at radius 2 is 1.87 bits per heavy atom. The Balaban J connectivity index is 1.56. The molecule has 0 spiro atoms. The van der Waals surface area contributed by atoms with Gasteiger partial charge in [-0.2, -0.15) is 5.10 Å². The fourth-order valence-electron chi connectivity index (χ4n) is 4.07. The summed E-state index contributed by atoms with van der Waals surface area (Å²) in [5.74, 6) is 2.40. The van der Waals surface area contributed by atoms with Crippen molar-refractivity contribution in [2.75, 3.05) is 13.2 Å². The zero-order chi connectivity index (χ0) is 20.5. The maximum Gasteiger partial charge on any atom is 0.214 e. The molecule has 0 fully saturated rings. The number of hydrazone groups is 1. The topological polar surface area (TPSA) is 43.3 Å². The Hall–Kier alpha value is -2.99.